The van der Waals surface area contributed by atoms with E-state index in [1.165, 1.54) is 5.56 Å². The van der Waals surface area contributed by atoms with Crippen LogP contribution in [0.1, 0.15) is 12.0 Å². The molecule has 1 aromatic carbocycles. The number of benzene rings is 1. The number of nitrogens with zero attached hydrogens (tertiary/aromatic N) is 2. The quantitative estimate of drug-likeness (QED) is 0.907. The number of aromatic nitrogens is 2. The maximum atomic E-state index is 12.0. The van der Waals surface area contributed by atoms with Gasteiger partial charge in [-0.1, -0.05) is 30.3 Å². The molecule has 6 heteroatoms. The van der Waals surface area contributed by atoms with Crippen LogP contribution in [0.2, 0.25) is 0 Å². The fourth-order valence-electron chi connectivity index (χ4n) is 2.41. The molecule has 5 nitrogen and oxygen atoms in total. The van der Waals surface area contributed by atoms with E-state index in [2.05, 4.69) is 27.9 Å². The molecule has 2 heterocycles. The van der Waals surface area contributed by atoms with E-state index in [0.29, 0.717) is 6.54 Å². The number of halogens is 1. The molecule has 0 spiro atoms. The zero-order chi connectivity index (χ0) is 13.8. The molecule has 0 aliphatic carbocycles. The number of carbonyl (C=O) groups excluding carboxylic acids is 1. The van der Waals surface area contributed by atoms with Gasteiger partial charge in [-0.2, -0.15) is 5.10 Å². The van der Waals surface area contributed by atoms with Crippen molar-refractivity contribution in [2.45, 2.75) is 13.0 Å². The number of rotatable bonds is 4. The SMILES string of the molecule is Cl.O=C(Nc1cnn(Cc2ccccc2)c1)C1CCNC1. The molecule has 2 N–H and O–H groups in total. The van der Waals surface area contributed by atoms with Crippen LogP contribution in [0.25, 0.3) is 0 Å². The Balaban J connectivity index is 0.00000161. The largest absolute Gasteiger partial charge is 0.323 e. The van der Waals surface area contributed by atoms with Gasteiger partial charge in [-0.15, -0.1) is 12.4 Å². The Labute approximate surface area is 130 Å². The Morgan fingerprint density at radius 2 is 2.19 bits per heavy atom. The van der Waals surface area contributed by atoms with E-state index >= 15 is 0 Å². The highest BCUT2D eigenvalue weighted by Crippen LogP contribution is 2.13. The molecule has 2 aromatic rings. The Kier molecular flexibility index (Phi) is 5.36. The van der Waals surface area contributed by atoms with Crippen LogP contribution in [-0.2, 0) is 11.3 Å². The first-order chi connectivity index (χ1) is 9.81. The van der Waals surface area contributed by atoms with Crippen molar-refractivity contribution in [3.8, 4) is 0 Å². The lowest BCUT2D eigenvalue weighted by molar-refractivity contribution is -0.119. The second-order valence-electron chi connectivity index (χ2n) is 5.09. The molecule has 1 unspecified atom stereocenters. The van der Waals surface area contributed by atoms with Gasteiger partial charge in [-0.25, -0.2) is 0 Å². The molecule has 1 aromatic heterocycles. The summed E-state index contributed by atoms with van der Waals surface area (Å²) in [5.74, 6) is 0.154. The van der Waals surface area contributed by atoms with Crippen molar-refractivity contribution in [1.82, 2.24) is 15.1 Å². The third kappa shape index (κ3) is 4.06. The molecule has 0 saturated carbocycles. The van der Waals surface area contributed by atoms with Crippen molar-refractivity contribution in [3.05, 3.63) is 48.3 Å². The van der Waals surface area contributed by atoms with Crippen molar-refractivity contribution in [3.63, 3.8) is 0 Å². The van der Waals surface area contributed by atoms with E-state index in [4.69, 9.17) is 0 Å². The van der Waals surface area contributed by atoms with Crippen LogP contribution in [0.3, 0.4) is 0 Å². The van der Waals surface area contributed by atoms with Gasteiger partial charge in [0.15, 0.2) is 0 Å². The summed E-state index contributed by atoms with van der Waals surface area (Å²) >= 11 is 0. The first kappa shape index (κ1) is 15.5. The maximum Gasteiger partial charge on any atom is 0.228 e. The number of nitrogens with one attached hydrogen (secondary N) is 2. The van der Waals surface area contributed by atoms with Crippen molar-refractivity contribution >= 4 is 24.0 Å². The van der Waals surface area contributed by atoms with Gasteiger partial charge in [0.2, 0.25) is 5.91 Å². The van der Waals surface area contributed by atoms with Crippen molar-refractivity contribution in [2.75, 3.05) is 18.4 Å². The average Bonchev–Trinajstić information content (AvgIpc) is 3.11. The lowest BCUT2D eigenvalue weighted by Crippen LogP contribution is -2.24. The second kappa shape index (κ2) is 7.24. The summed E-state index contributed by atoms with van der Waals surface area (Å²) in [5.41, 5.74) is 1.95. The Hall–Kier alpha value is -1.85. The fraction of sp³-hybridized carbons (Fsp3) is 0.333. The van der Waals surface area contributed by atoms with Gasteiger partial charge in [-0.05, 0) is 18.5 Å². The maximum absolute atomic E-state index is 12.0. The van der Waals surface area contributed by atoms with Crippen LogP contribution in [0.15, 0.2) is 42.7 Å². The molecule has 3 rings (SSSR count). The zero-order valence-electron chi connectivity index (χ0n) is 11.7. The Morgan fingerprint density at radius 3 is 2.90 bits per heavy atom. The van der Waals surface area contributed by atoms with Gasteiger partial charge in [0.05, 0.1) is 24.3 Å². The Bertz CT molecular complexity index is 578. The summed E-state index contributed by atoms with van der Waals surface area (Å²) in [6, 6.07) is 10.1. The van der Waals surface area contributed by atoms with Crippen molar-refractivity contribution in [1.29, 1.82) is 0 Å². The third-order valence-electron chi connectivity index (χ3n) is 3.52. The number of amides is 1. The molecule has 0 bridgehead atoms. The monoisotopic (exact) mass is 306 g/mol. The van der Waals surface area contributed by atoms with E-state index in [1.54, 1.807) is 6.20 Å². The van der Waals surface area contributed by atoms with Crippen molar-refractivity contribution in [2.24, 2.45) is 5.92 Å². The Morgan fingerprint density at radius 1 is 1.38 bits per heavy atom. The lowest BCUT2D eigenvalue weighted by Gasteiger charge is -2.07. The van der Waals surface area contributed by atoms with Gasteiger partial charge in [0, 0.05) is 12.7 Å². The van der Waals surface area contributed by atoms with Crippen molar-refractivity contribution < 1.29 is 4.79 Å². The minimum atomic E-state index is 0. The minimum Gasteiger partial charge on any atom is -0.323 e. The number of carbonyl (C=O) groups is 1. The first-order valence-corrected chi connectivity index (χ1v) is 6.89. The molecule has 1 atom stereocenters. The molecule has 1 aliphatic rings. The predicted octanol–water partition coefficient (Wildman–Crippen LogP) is 1.90. The standard InChI is InChI=1S/C15H18N4O.ClH/c20-15(13-6-7-16-8-13)18-14-9-17-19(11-14)10-12-4-2-1-3-5-12;/h1-5,9,11,13,16H,6-8,10H2,(H,18,20);1H. The smallest absolute Gasteiger partial charge is 0.228 e. The normalized spacial score (nSPS) is 17.2. The summed E-state index contributed by atoms with van der Waals surface area (Å²) in [4.78, 5) is 12.0. The van der Waals surface area contributed by atoms with Crippen LogP contribution < -0.4 is 10.6 Å². The van der Waals surface area contributed by atoms with Crippen LogP contribution in [0.5, 0.6) is 0 Å². The van der Waals surface area contributed by atoms with Gasteiger partial charge < -0.3 is 10.6 Å². The number of hydrogen-bond acceptors (Lipinski definition) is 3. The van der Waals surface area contributed by atoms with Crippen LogP contribution in [-0.4, -0.2) is 28.8 Å². The highest BCUT2D eigenvalue weighted by molar-refractivity contribution is 5.92. The lowest BCUT2D eigenvalue weighted by atomic mass is 10.1. The fourth-order valence-corrected chi connectivity index (χ4v) is 2.41. The van der Waals surface area contributed by atoms with E-state index in [-0.39, 0.29) is 24.2 Å². The molecule has 1 amide bonds. The average molecular weight is 307 g/mol. The summed E-state index contributed by atoms with van der Waals surface area (Å²) in [5, 5.41) is 10.4. The van der Waals surface area contributed by atoms with Gasteiger partial charge in [0.1, 0.15) is 0 Å². The zero-order valence-corrected chi connectivity index (χ0v) is 12.5. The summed E-state index contributed by atoms with van der Waals surface area (Å²) in [6.07, 6.45) is 4.47. The molecule has 112 valence electrons. The number of hydrogen-bond donors (Lipinski definition) is 2. The van der Waals surface area contributed by atoms with E-state index in [1.807, 2.05) is 29.1 Å². The van der Waals surface area contributed by atoms with E-state index in [0.717, 1.165) is 25.2 Å². The highest BCUT2D eigenvalue weighted by Gasteiger charge is 2.22. The summed E-state index contributed by atoms with van der Waals surface area (Å²) in [6.45, 7) is 2.40. The summed E-state index contributed by atoms with van der Waals surface area (Å²) in [7, 11) is 0. The van der Waals surface area contributed by atoms with E-state index in [9.17, 15) is 4.79 Å². The molecule has 1 saturated heterocycles. The minimum absolute atomic E-state index is 0. The van der Waals surface area contributed by atoms with Crippen LogP contribution >= 0.6 is 12.4 Å². The topological polar surface area (TPSA) is 59.0 Å². The first-order valence-electron chi connectivity index (χ1n) is 6.89. The van der Waals surface area contributed by atoms with Crippen LogP contribution in [0.4, 0.5) is 5.69 Å². The molecule has 1 fully saturated rings. The van der Waals surface area contributed by atoms with Gasteiger partial charge >= 0.3 is 0 Å². The predicted molar refractivity (Wildman–Crippen MR) is 84.6 cm³/mol. The molecule has 0 radical (unpaired) electrons. The van der Waals surface area contributed by atoms with E-state index < -0.39 is 0 Å². The highest BCUT2D eigenvalue weighted by atomic mass is 35.5. The molecular weight excluding hydrogens is 288 g/mol. The molecular formula is C15H19ClN4O. The van der Waals surface area contributed by atoms with Gasteiger partial charge in [-0.3, -0.25) is 9.48 Å². The second-order valence-corrected chi connectivity index (χ2v) is 5.09. The number of anilines is 1. The van der Waals surface area contributed by atoms with Crippen LogP contribution in [0, 0.1) is 5.92 Å². The van der Waals surface area contributed by atoms with Gasteiger partial charge in [0.25, 0.3) is 0 Å². The summed E-state index contributed by atoms with van der Waals surface area (Å²) < 4.78 is 1.83. The third-order valence-corrected chi connectivity index (χ3v) is 3.52. The molecule has 21 heavy (non-hydrogen) atoms. The molecule has 1 aliphatic heterocycles.